The first kappa shape index (κ1) is 59.9. The summed E-state index contributed by atoms with van der Waals surface area (Å²) in [5.41, 5.74) is 0. The Morgan fingerprint density at radius 2 is 0.672 bits per heavy atom. The highest BCUT2D eigenvalue weighted by Crippen LogP contribution is 2.18. The first-order valence-electron chi connectivity index (χ1n) is 27.8. The lowest BCUT2D eigenvalue weighted by Crippen LogP contribution is -2.45. The molecule has 2 atom stereocenters. The highest BCUT2D eigenvalue weighted by atomic mass is 16.5. The smallest absolute Gasteiger partial charge is 0.305 e. The first-order chi connectivity index (χ1) is 30.0. The van der Waals surface area contributed by atoms with Gasteiger partial charge in [-0.1, -0.05) is 277 Å². The van der Waals surface area contributed by atoms with Crippen LogP contribution in [-0.4, -0.2) is 47.4 Å². The standard InChI is InChI=1S/C55H109NO5/c1-3-5-7-9-11-13-15-17-19-21-22-23-24-26-28-31-35-39-43-47-53(58)52(51-57)56-54(59)48-44-40-36-32-30-34-38-42-46-50-61-55(60)49-45-41-37-33-29-27-25-20-18-16-14-12-10-8-6-4-2/h52-53,57-58H,3-51H2,1-2H3,(H,56,59). The van der Waals surface area contributed by atoms with Gasteiger partial charge < -0.3 is 20.3 Å². The van der Waals surface area contributed by atoms with Crippen molar-refractivity contribution in [1.29, 1.82) is 0 Å². The molecule has 0 fully saturated rings. The molecule has 61 heavy (non-hydrogen) atoms. The Bertz CT molecular complexity index is 867. The molecule has 3 N–H and O–H groups in total. The fourth-order valence-corrected chi connectivity index (χ4v) is 8.88. The lowest BCUT2D eigenvalue weighted by Gasteiger charge is -2.22. The maximum atomic E-state index is 12.5. The number of hydrogen-bond donors (Lipinski definition) is 3. The van der Waals surface area contributed by atoms with Crippen LogP contribution in [0.25, 0.3) is 0 Å². The quantitative estimate of drug-likeness (QED) is 0.0418. The van der Waals surface area contributed by atoms with Crippen LogP contribution in [0.4, 0.5) is 0 Å². The number of aliphatic hydroxyl groups excluding tert-OH is 2. The molecule has 0 aromatic carbocycles. The number of carbonyl (C=O) groups excluding carboxylic acids is 2. The number of esters is 1. The fraction of sp³-hybridized carbons (Fsp3) is 0.964. The molecule has 0 spiro atoms. The van der Waals surface area contributed by atoms with Crippen LogP contribution in [0, 0.1) is 0 Å². The predicted molar refractivity (Wildman–Crippen MR) is 264 cm³/mol. The Kier molecular flexibility index (Phi) is 50.5. The first-order valence-corrected chi connectivity index (χ1v) is 27.8. The molecule has 2 unspecified atom stereocenters. The van der Waals surface area contributed by atoms with Crippen molar-refractivity contribution >= 4 is 11.9 Å². The SMILES string of the molecule is CCCCCCCCCCCCCCCCCCCCCC(O)C(CO)NC(=O)CCCCCCCCCCCOC(=O)CCCCCCCCCCCCCCCCCC. The van der Waals surface area contributed by atoms with E-state index < -0.39 is 12.1 Å². The van der Waals surface area contributed by atoms with E-state index in [0.717, 1.165) is 57.8 Å². The number of ether oxygens (including phenoxy) is 1. The van der Waals surface area contributed by atoms with E-state index >= 15 is 0 Å². The molecular weight excluding hydrogens is 755 g/mol. The van der Waals surface area contributed by atoms with Crippen molar-refractivity contribution in [3.05, 3.63) is 0 Å². The maximum Gasteiger partial charge on any atom is 0.305 e. The summed E-state index contributed by atoms with van der Waals surface area (Å²) in [6.07, 6.45) is 57.9. The number of rotatable bonds is 52. The molecule has 0 saturated carbocycles. The molecule has 0 radical (unpaired) electrons. The molecule has 0 aliphatic rings. The summed E-state index contributed by atoms with van der Waals surface area (Å²) in [6, 6.07) is -0.560. The van der Waals surface area contributed by atoms with Crippen LogP contribution in [-0.2, 0) is 14.3 Å². The van der Waals surface area contributed by atoms with Gasteiger partial charge in [-0.3, -0.25) is 9.59 Å². The monoisotopic (exact) mass is 864 g/mol. The minimum Gasteiger partial charge on any atom is -0.466 e. The van der Waals surface area contributed by atoms with E-state index in [2.05, 4.69) is 19.2 Å². The number of hydrogen-bond acceptors (Lipinski definition) is 5. The summed E-state index contributed by atoms with van der Waals surface area (Å²) in [4.78, 5) is 24.5. The van der Waals surface area contributed by atoms with Crippen molar-refractivity contribution in [2.75, 3.05) is 13.2 Å². The van der Waals surface area contributed by atoms with Crippen LogP contribution in [0.15, 0.2) is 0 Å². The Hall–Kier alpha value is -1.14. The third-order valence-corrected chi connectivity index (χ3v) is 13.2. The highest BCUT2D eigenvalue weighted by Gasteiger charge is 2.20. The number of aliphatic hydroxyl groups is 2. The highest BCUT2D eigenvalue weighted by molar-refractivity contribution is 5.76. The lowest BCUT2D eigenvalue weighted by atomic mass is 10.0. The average Bonchev–Trinajstić information content (AvgIpc) is 3.26. The van der Waals surface area contributed by atoms with Crippen molar-refractivity contribution in [2.45, 2.75) is 328 Å². The maximum absolute atomic E-state index is 12.5. The van der Waals surface area contributed by atoms with Gasteiger partial charge in [0.15, 0.2) is 0 Å². The van der Waals surface area contributed by atoms with Crippen LogP contribution < -0.4 is 5.32 Å². The molecule has 0 aromatic heterocycles. The zero-order valence-electron chi connectivity index (χ0n) is 41.4. The molecule has 0 aromatic rings. The van der Waals surface area contributed by atoms with Gasteiger partial charge in [-0.25, -0.2) is 0 Å². The number of amides is 1. The number of carbonyl (C=O) groups is 2. The van der Waals surface area contributed by atoms with Crippen LogP contribution in [0.5, 0.6) is 0 Å². The predicted octanol–water partition coefficient (Wildman–Crippen LogP) is 16.7. The van der Waals surface area contributed by atoms with Gasteiger partial charge in [0.25, 0.3) is 0 Å². The zero-order valence-corrected chi connectivity index (χ0v) is 41.4. The Morgan fingerprint density at radius 1 is 0.393 bits per heavy atom. The third kappa shape index (κ3) is 48.2. The summed E-state index contributed by atoms with van der Waals surface area (Å²) < 4.78 is 5.46. The Balaban J connectivity index is 3.46. The molecule has 0 bridgehead atoms. The van der Waals surface area contributed by atoms with Gasteiger partial charge in [-0.2, -0.15) is 0 Å². The van der Waals surface area contributed by atoms with Gasteiger partial charge in [0.1, 0.15) is 0 Å². The van der Waals surface area contributed by atoms with E-state index in [1.807, 2.05) is 0 Å². The second kappa shape index (κ2) is 51.5. The molecule has 0 rings (SSSR count). The van der Waals surface area contributed by atoms with Gasteiger partial charge in [0.05, 0.1) is 25.4 Å². The molecule has 364 valence electrons. The minimum atomic E-state index is -0.680. The number of nitrogens with one attached hydrogen (secondary N) is 1. The largest absolute Gasteiger partial charge is 0.466 e. The minimum absolute atomic E-state index is 0.0202. The summed E-state index contributed by atoms with van der Waals surface area (Å²) in [6.45, 7) is 4.92. The summed E-state index contributed by atoms with van der Waals surface area (Å²) >= 11 is 0. The molecule has 0 aliphatic heterocycles. The molecule has 1 amide bonds. The van der Waals surface area contributed by atoms with Crippen molar-refractivity contribution in [1.82, 2.24) is 5.32 Å². The van der Waals surface area contributed by atoms with Gasteiger partial charge in [-0.05, 0) is 25.7 Å². The second-order valence-corrected chi connectivity index (χ2v) is 19.3. The molecule has 6 heteroatoms. The van der Waals surface area contributed by atoms with Crippen LogP contribution in [0.1, 0.15) is 316 Å². The van der Waals surface area contributed by atoms with Gasteiger partial charge in [-0.15, -0.1) is 0 Å². The van der Waals surface area contributed by atoms with E-state index in [9.17, 15) is 19.8 Å². The second-order valence-electron chi connectivity index (χ2n) is 19.3. The zero-order chi connectivity index (χ0) is 44.4. The van der Waals surface area contributed by atoms with Crippen molar-refractivity contribution < 1.29 is 24.5 Å². The average molecular weight is 864 g/mol. The van der Waals surface area contributed by atoms with Crippen molar-refractivity contribution in [2.24, 2.45) is 0 Å². The molecule has 6 nitrogen and oxygen atoms in total. The Morgan fingerprint density at radius 3 is 1.00 bits per heavy atom. The summed E-state index contributed by atoms with van der Waals surface area (Å²) in [5.74, 6) is -0.0786. The van der Waals surface area contributed by atoms with Gasteiger partial charge in [0.2, 0.25) is 5.91 Å². The van der Waals surface area contributed by atoms with Crippen LogP contribution >= 0.6 is 0 Å². The number of unbranched alkanes of at least 4 members (excludes halogenated alkanes) is 41. The lowest BCUT2D eigenvalue weighted by molar-refractivity contribution is -0.143. The van der Waals surface area contributed by atoms with E-state index in [0.29, 0.717) is 25.9 Å². The van der Waals surface area contributed by atoms with E-state index in [1.54, 1.807) is 0 Å². The van der Waals surface area contributed by atoms with E-state index in [1.165, 1.54) is 225 Å². The topological polar surface area (TPSA) is 95.9 Å². The van der Waals surface area contributed by atoms with Crippen LogP contribution in [0.3, 0.4) is 0 Å². The van der Waals surface area contributed by atoms with Gasteiger partial charge in [0, 0.05) is 12.8 Å². The van der Waals surface area contributed by atoms with Crippen LogP contribution in [0.2, 0.25) is 0 Å². The normalized spacial score (nSPS) is 12.5. The van der Waals surface area contributed by atoms with Crippen molar-refractivity contribution in [3.8, 4) is 0 Å². The molecule has 0 heterocycles. The van der Waals surface area contributed by atoms with Crippen molar-refractivity contribution in [3.63, 3.8) is 0 Å². The molecule has 0 aliphatic carbocycles. The van der Waals surface area contributed by atoms with E-state index in [-0.39, 0.29) is 18.5 Å². The summed E-state index contributed by atoms with van der Waals surface area (Å²) in [7, 11) is 0. The fourth-order valence-electron chi connectivity index (χ4n) is 8.88. The van der Waals surface area contributed by atoms with E-state index in [4.69, 9.17) is 4.74 Å². The Labute approximate surface area is 381 Å². The third-order valence-electron chi connectivity index (χ3n) is 13.2. The van der Waals surface area contributed by atoms with Gasteiger partial charge >= 0.3 is 5.97 Å². The molecule has 0 saturated heterocycles. The molecular formula is C55H109NO5. The summed E-state index contributed by atoms with van der Waals surface area (Å²) in [5, 5.41) is 23.3.